The van der Waals surface area contributed by atoms with Gasteiger partial charge in [-0.3, -0.25) is 40.2 Å². The quantitative estimate of drug-likeness (QED) is 0.0404. The van der Waals surface area contributed by atoms with Crippen LogP contribution in [0.1, 0.15) is 45.7 Å². The van der Waals surface area contributed by atoms with Crippen molar-refractivity contribution < 1.29 is 64.4 Å². The molecular formula is C42H34Cu2N6O8. The third kappa shape index (κ3) is 12.5. The third-order valence-electron chi connectivity index (χ3n) is 7.99. The molecular weight excluding hydrogens is 844 g/mol. The molecule has 0 spiro atoms. The van der Waals surface area contributed by atoms with Crippen LogP contribution in [0, 0.1) is 20.2 Å². The largest absolute Gasteiger partial charge is 0.507 e. The molecule has 0 saturated heterocycles. The Kier molecular flexibility index (Phi) is 17.7. The van der Waals surface area contributed by atoms with Gasteiger partial charge in [0.2, 0.25) is 0 Å². The summed E-state index contributed by atoms with van der Waals surface area (Å²) in [7, 11) is 0. The van der Waals surface area contributed by atoms with Gasteiger partial charge >= 0.3 is 0 Å². The number of aromatic hydroxyl groups is 4. The van der Waals surface area contributed by atoms with E-state index in [9.17, 15) is 40.7 Å². The first-order chi connectivity index (χ1) is 27.1. The molecule has 0 saturated carbocycles. The van der Waals surface area contributed by atoms with Gasteiger partial charge in [-0.1, -0.05) is 72.8 Å². The van der Waals surface area contributed by atoms with E-state index in [0.717, 1.165) is 0 Å². The summed E-state index contributed by atoms with van der Waals surface area (Å²) in [4.78, 5) is 39.2. The summed E-state index contributed by atoms with van der Waals surface area (Å²) in [6.45, 7) is 0. The summed E-state index contributed by atoms with van der Waals surface area (Å²) in [6.07, 6.45) is 3.80. The number of phenolic OH excluding ortho intramolecular Hbond substituents is 4. The molecule has 6 aromatic carbocycles. The van der Waals surface area contributed by atoms with Gasteiger partial charge in [0, 0.05) is 93.4 Å². The predicted molar refractivity (Wildman–Crippen MR) is 214 cm³/mol. The van der Waals surface area contributed by atoms with Crippen LogP contribution in [0.4, 0.5) is 11.4 Å². The van der Waals surface area contributed by atoms with E-state index in [1.165, 1.54) is 61.3 Å². The van der Waals surface area contributed by atoms with Crippen molar-refractivity contribution >= 4 is 36.2 Å². The van der Waals surface area contributed by atoms with Crippen molar-refractivity contribution in [3.63, 3.8) is 0 Å². The molecule has 4 N–H and O–H groups in total. The number of nitro benzene ring substituents is 2. The molecule has 6 rings (SSSR count). The minimum absolute atomic E-state index is 0. The van der Waals surface area contributed by atoms with Crippen LogP contribution in [0.15, 0.2) is 166 Å². The molecule has 0 unspecified atom stereocenters. The Morgan fingerprint density at radius 2 is 0.621 bits per heavy atom. The van der Waals surface area contributed by atoms with Crippen LogP contribution in [0.2, 0.25) is 0 Å². The Balaban J connectivity index is 0.000000300. The smallest absolute Gasteiger partial charge is 0.276 e. The van der Waals surface area contributed by atoms with Crippen molar-refractivity contribution in [2.24, 2.45) is 20.0 Å². The summed E-state index contributed by atoms with van der Waals surface area (Å²) in [5, 5.41) is 62.5. The summed E-state index contributed by atoms with van der Waals surface area (Å²) in [5.74, 6) is 0.156. The first-order valence-electron chi connectivity index (χ1n) is 16.8. The molecule has 0 aromatic heterocycles. The molecule has 14 nitrogen and oxygen atoms in total. The Morgan fingerprint density at radius 3 is 0.862 bits per heavy atom. The number of aliphatic imine (C=N–C) groups is 4. The van der Waals surface area contributed by atoms with Crippen LogP contribution in [0.3, 0.4) is 0 Å². The zero-order valence-corrected chi connectivity index (χ0v) is 31.9. The second-order valence-corrected chi connectivity index (χ2v) is 11.7. The number of phenols is 4. The van der Waals surface area contributed by atoms with Gasteiger partial charge in [0.25, 0.3) is 11.4 Å². The Labute approximate surface area is 353 Å². The van der Waals surface area contributed by atoms with E-state index in [-0.39, 0.29) is 68.5 Å². The monoisotopic (exact) mass is 876 g/mol. The third-order valence-corrected chi connectivity index (χ3v) is 7.99. The SMILES string of the molecule is O=[N+]([O-])c1ccccc1C(/N=C/c1ccccc1O)/N=C/c1ccccc1O.O=[N+]([O-])c1ccccc1C(/N=C/c1ccccc1O)/N=C/c1ccccc1O.[Cu].[Cu]. The summed E-state index contributed by atoms with van der Waals surface area (Å²) < 4.78 is 0. The van der Waals surface area contributed by atoms with E-state index >= 15 is 0 Å². The topological polar surface area (TPSA) is 217 Å². The molecule has 0 heterocycles. The van der Waals surface area contributed by atoms with Crippen molar-refractivity contribution in [3.05, 3.63) is 199 Å². The molecule has 0 aliphatic heterocycles. The summed E-state index contributed by atoms with van der Waals surface area (Å²) in [6, 6.07) is 38.8. The van der Waals surface area contributed by atoms with Gasteiger partial charge < -0.3 is 20.4 Å². The van der Waals surface area contributed by atoms with Crippen molar-refractivity contribution in [1.82, 2.24) is 0 Å². The van der Waals surface area contributed by atoms with E-state index < -0.39 is 22.2 Å². The zero-order chi connectivity index (χ0) is 39.9. The molecule has 0 aliphatic rings. The minimum atomic E-state index is -0.930. The molecule has 0 amide bonds. The number of hydrogen-bond donors (Lipinski definition) is 4. The molecule has 0 fully saturated rings. The van der Waals surface area contributed by atoms with Gasteiger partial charge in [-0.2, -0.15) is 0 Å². The van der Waals surface area contributed by atoms with E-state index in [1.807, 2.05) is 0 Å². The number of rotatable bonds is 12. The van der Waals surface area contributed by atoms with Crippen LogP contribution >= 0.6 is 0 Å². The maximum Gasteiger partial charge on any atom is 0.276 e. The Bertz CT molecular complexity index is 2160. The zero-order valence-electron chi connectivity index (χ0n) is 30.0. The summed E-state index contributed by atoms with van der Waals surface area (Å²) >= 11 is 0. The molecule has 6 aromatic rings. The fourth-order valence-electron chi connectivity index (χ4n) is 5.13. The van der Waals surface area contributed by atoms with Crippen molar-refractivity contribution in [2.75, 3.05) is 0 Å². The number of benzene rings is 6. The fourth-order valence-corrected chi connectivity index (χ4v) is 5.13. The maximum absolute atomic E-state index is 11.4. The average molecular weight is 878 g/mol. The molecule has 0 atom stereocenters. The van der Waals surface area contributed by atoms with E-state index in [4.69, 9.17) is 0 Å². The van der Waals surface area contributed by atoms with E-state index in [1.54, 1.807) is 109 Å². The average Bonchev–Trinajstić information content (AvgIpc) is 3.20. The predicted octanol–water partition coefficient (Wildman–Crippen LogP) is 8.48. The number of nitro groups is 2. The summed E-state index contributed by atoms with van der Waals surface area (Å²) in [5.41, 5.74) is 2.21. The number of para-hydroxylation sites is 6. The van der Waals surface area contributed by atoms with E-state index in [0.29, 0.717) is 33.4 Å². The second kappa shape index (κ2) is 22.6. The van der Waals surface area contributed by atoms with Gasteiger partial charge in [0.05, 0.1) is 21.0 Å². The fraction of sp³-hybridized carbons (Fsp3) is 0.0476. The van der Waals surface area contributed by atoms with Gasteiger partial charge in [0.15, 0.2) is 12.3 Å². The van der Waals surface area contributed by atoms with Crippen LogP contribution in [-0.2, 0) is 34.1 Å². The van der Waals surface area contributed by atoms with Crippen molar-refractivity contribution in [1.29, 1.82) is 0 Å². The van der Waals surface area contributed by atoms with Crippen LogP contribution in [0.5, 0.6) is 23.0 Å². The van der Waals surface area contributed by atoms with Crippen molar-refractivity contribution in [2.45, 2.75) is 12.3 Å². The van der Waals surface area contributed by atoms with Crippen molar-refractivity contribution in [3.8, 4) is 23.0 Å². The van der Waals surface area contributed by atoms with E-state index in [2.05, 4.69) is 20.0 Å². The molecule has 0 bridgehead atoms. The standard InChI is InChI=1S/2C21H17N3O4.2Cu/c2*25-19-11-5-1-7-15(19)13-22-21(17-9-3-4-10-18(17)24(27)28)23-14-16-8-2-6-12-20(16)26;;/h2*1-14,21,25-26H;;/b2*22-13+,23-14+;;. The molecule has 0 aliphatic carbocycles. The van der Waals surface area contributed by atoms with Gasteiger partial charge in [0.1, 0.15) is 23.0 Å². The van der Waals surface area contributed by atoms with Crippen LogP contribution in [-0.4, -0.2) is 55.1 Å². The first-order valence-corrected chi connectivity index (χ1v) is 16.8. The second-order valence-electron chi connectivity index (χ2n) is 11.7. The molecule has 302 valence electrons. The molecule has 16 heteroatoms. The van der Waals surface area contributed by atoms with Gasteiger partial charge in [-0.25, -0.2) is 0 Å². The van der Waals surface area contributed by atoms with Gasteiger partial charge in [-0.15, -0.1) is 0 Å². The Hall–Kier alpha value is -6.96. The maximum atomic E-state index is 11.4. The van der Waals surface area contributed by atoms with Crippen LogP contribution in [0.25, 0.3) is 0 Å². The molecule has 2 radical (unpaired) electrons. The van der Waals surface area contributed by atoms with Gasteiger partial charge in [-0.05, 0) is 60.7 Å². The first kappa shape index (κ1) is 45.4. The normalized spacial score (nSPS) is 11.1. The molecule has 58 heavy (non-hydrogen) atoms. The Morgan fingerprint density at radius 1 is 0.397 bits per heavy atom. The minimum Gasteiger partial charge on any atom is -0.507 e. The number of nitrogens with zero attached hydrogens (tertiary/aromatic N) is 6. The van der Waals surface area contributed by atoms with Crippen LogP contribution < -0.4 is 0 Å². The number of hydrogen-bond acceptors (Lipinski definition) is 12.